The number of carbonyl (C=O) groups excluding carboxylic acids is 1. The van der Waals surface area contributed by atoms with Gasteiger partial charge >= 0.3 is 0 Å². The fourth-order valence-corrected chi connectivity index (χ4v) is 3.25. The summed E-state index contributed by atoms with van der Waals surface area (Å²) in [5, 5.41) is 0. The Kier molecular flexibility index (Phi) is 3.36. The molecule has 0 fully saturated rings. The van der Waals surface area contributed by atoms with Gasteiger partial charge < -0.3 is 9.47 Å². The van der Waals surface area contributed by atoms with Crippen molar-refractivity contribution in [2.75, 3.05) is 11.4 Å². The molecule has 1 atom stereocenters. The van der Waals surface area contributed by atoms with Crippen molar-refractivity contribution in [1.29, 1.82) is 0 Å². The van der Waals surface area contributed by atoms with Crippen LogP contribution in [0.25, 0.3) is 0 Å². The van der Waals surface area contributed by atoms with Gasteiger partial charge in [-0.1, -0.05) is 18.2 Å². The maximum absolute atomic E-state index is 12.7. The first-order chi connectivity index (χ1) is 9.99. The average Bonchev–Trinajstić information content (AvgIpc) is 2.91. The van der Waals surface area contributed by atoms with E-state index in [4.69, 9.17) is 0 Å². The number of aryl methyl sites for hydroxylation is 1. The molecule has 21 heavy (non-hydrogen) atoms. The fraction of sp³-hybridized carbons (Fsp3) is 0.389. The van der Waals surface area contributed by atoms with Crippen LogP contribution in [0.3, 0.4) is 0 Å². The van der Waals surface area contributed by atoms with Crippen LogP contribution in [0.2, 0.25) is 0 Å². The molecule has 0 bridgehead atoms. The van der Waals surface area contributed by atoms with Crippen molar-refractivity contribution >= 4 is 11.5 Å². The monoisotopic (exact) mass is 282 g/mol. The highest BCUT2D eigenvalue weighted by Gasteiger charge is 2.28. The third-order valence-electron chi connectivity index (χ3n) is 4.74. The van der Waals surface area contributed by atoms with E-state index in [1.807, 2.05) is 33.0 Å². The Labute approximate surface area is 126 Å². The second kappa shape index (κ2) is 5.06. The number of carbonyl (C=O) groups is 1. The lowest BCUT2D eigenvalue weighted by Crippen LogP contribution is -2.34. The van der Waals surface area contributed by atoms with Crippen LogP contribution in [0.1, 0.15) is 34.2 Å². The van der Waals surface area contributed by atoms with Crippen LogP contribution in [0.5, 0.6) is 0 Å². The fourth-order valence-electron chi connectivity index (χ4n) is 3.25. The van der Waals surface area contributed by atoms with Gasteiger partial charge in [0.25, 0.3) is 0 Å². The van der Waals surface area contributed by atoms with Crippen LogP contribution < -0.4 is 4.90 Å². The van der Waals surface area contributed by atoms with Crippen LogP contribution in [0, 0.1) is 13.8 Å². The molecule has 0 radical (unpaired) electrons. The Balaban J connectivity index is 1.87. The molecule has 0 aliphatic carbocycles. The SMILES string of the molecule is Cc1cc(C(=O)CN2c3ccccc3CC2C)c(C)n1C. The molecular weight excluding hydrogens is 260 g/mol. The van der Waals surface area contributed by atoms with E-state index in [2.05, 4.69) is 34.6 Å². The molecule has 0 N–H and O–H groups in total. The van der Waals surface area contributed by atoms with Gasteiger partial charge in [-0.3, -0.25) is 4.79 Å². The van der Waals surface area contributed by atoms with Gasteiger partial charge in [-0.25, -0.2) is 0 Å². The third kappa shape index (κ3) is 2.27. The minimum atomic E-state index is 0.208. The lowest BCUT2D eigenvalue weighted by atomic mass is 10.1. The summed E-state index contributed by atoms with van der Waals surface area (Å²) in [7, 11) is 2.01. The van der Waals surface area contributed by atoms with Crippen molar-refractivity contribution in [3.63, 3.8) is 0 Å². The van der Waals surface area contributed by atoms with Crippen molar-refractivity contribution < 1.29 is 4.79 Å². The molecule has 1 unspecified atom stereocenters. The van der Waals surface area contributed by atoms with Gasteiger partial charge in [-0.2, -0.15) is 0 Å². The summed E-state index contributed by atoms with van der Waals surface area (Å²) in [6, 6.07) is 10.8. The molecule has 3 heteroatoms. The standard InChI is InChI=1S/C18H22N2O/c1-12-10-16(14(3)19(12)4)18(21)11-20-13(2)9-15-7-5-6-8-17(15)20/h5-8,10,13H,9,11H2,1-4H3. The van der Waals surface area contributed by atoms with Gasteiger partial charge in [0.15, 0.2) is 5.78 Å². The van der Waals surface area contributed by atoms with E-state index in [0.717, 1.165) is 23.4 Å². The molecular formula is C18H22N2O. The summed E-state index contributed by atoms with van der Waals surface area (Å²) < 4.78 is 2.08. The Hall–Kier alpha value is -2.03. The molecule has 1 aromatic carbocycles. The topological polar surface area (TPSA) is 25.2 Å². The highest BCUT2D eigenvalue weighted by molar-refractivity contribution is 6.00. The molecule has 3 rings (SSSR count). The number of Topliss-reactive ketones (excluding diaryl/α,β-unsaturated/α-hetero) is 1. The normalized spacial score (nSPS) is 17.1. The molecule has 2 aromatic rings. The lowest BCUT2D eigenvalue weighted by molar-refractivity contribution is 0.0997. The number of benzene rings is 1. The largest absolute Gasteiger partial charge is 0.361 e. The Bertz CT molecular complexity index is 699. The van der Waals surface area contributed by atoms with Crippen LogP contribution in [-0.2, 0) is 13.5 Å². The van der Waals surface area contributed by atoms with Crippen LogP contribution >= 0.6 is 0 Å². The Morgan fingerprint density at radius 1 is 1.29 bits per heavy atom. The van der Waals surface area contributed by atoms with E-state index in [-0.39, 0.29) is 5.78 Å². The predicted octanol–water partition coefficient (Wildman–Crippen LogP) is 3.28. The van der Waals surface area contributed by atoms with Crippen molar-refractivity contribution in [3.8, 4) is 0 Å². The quantitative estimate of drug-likeness (QED) is 0.807. The van der Waals surface area contributed by atoms with Gasteiger partial charge in [-0.15, -0.1) is 0 Å². The van der Waals surface area contributed by atoms with Crippen LogP contribution in [-0.4, -0.2) is 22.9 Å². The summed E-state index contributed by atoms with van der Waals surface area (Å²) in [5.74, 6) is 0.208. The minimum absolute atomic E-state index is 0.208. The molecule has 1 aromatic heterocycles. The molecule has 0 saturated heterocycles. The van der Waals surface area contributed by atoms with Gasteiger partial charge in [-0.05, 0) is 44.9 Å². The molecule has 110 valence electrons. The van der Waals surface area contributed by atoms with E-state index in [9.17, 15) is 4.79 Å². The van der Waals surface area contributed by atoms with E-state index >= 15 is 0 Å². The predicted molar refractivity (Wildman–Crippen MR) is 86.2 cm³/mol. The molecule has 0 saturated carbocycles. The first-order valence-electron chi connectivity index (χ1n) is 7.49. The molecule has 1 aliphatic rings. The maximum Gasteiger partial charge on any atom is 0.183 e. The molecule has 2 heterocycles. The van der Waals surface area contributed by atoms with Gasteiger partial charge in [0.1, 0.15) is 0 Å². The summed E-state index contributed by atoms with van der Waals surface area (Å²) >= 11 is 0. The number of para-hydroxylation sites is 1. The number of rotatable bonds is 3. The van der Waals surface area contributed by atoms with Crippen LogP contribution in [0.4, 0.5) is 5.69 Å². The number of aromatic nitrogens is 1. The maximum atomic E-state index is 12.7. The number of ketones is 1. The highest BCUT2D eigenvalue weighted by Crippen LogP contribution is 2.32. The molecule has 3 nitrogen and oxygen atoms in total. The van der Waals surface area contributed by atoms with E-state index < -0.39 is 0 Å². The van der Waals surface area contributed by atoms with Crippen molar-refractivity contribution in [1.82, 2.24) is 4.57 Å². The Morgan fingerprint density at radius 3 is 2.67 bits per heavy atom. The minimum Gasteiger partial charge on any atom is -0.361 e. The molecule has 0 amide bonds. The van der Waals surface area contributed by atoms with Crippen LogP contribution in [0.15, 0.2) is 30.3 Å². The number of fused-ring (bicyclic) bond motifs is 1. The van der Waals surface area contributed by atoms with E-state index in [1.54, 1.807) is 0 Å². The number of hydrogen-bond acceptors (Lipinski definition) is 2. The Morgan fingerprint density at radius 2 is 2.00 bits per heavy atom. The van der Waals surface area contributed by atoms with Gasteiger partial charge in [0, 0.05) is 35.7 Å². The van der Waals surface area contributed by atoms with Gasteiger partial charge in [0.2, 0.25) is 0 Å². The second-order valence-corrected chi connectivity index (χ2v) is 6.08. The van der Waals surface area contributed by atoms with Crippen molar-refractivity contribution in [3.05, 3.63) is 52.8 Å². The first kappa shape index (κ1) is 13.9. The van der Waals surface area contributed by atoms with Gasteiger partial charge in [0.05, 0.1) is 6.54 Å². The number of nitrogens with zero attached hydrogens (tertiary/aromatic N) is 2. The third-order valence-corrected chi connectivity index (χ3v) is 4.74. The van der Waals surface area contributed by atoms with E-state index in [1.165, 1.54) is 11.3 Å². The first-order valence-corrected chi connectivity index (χ1v) is 7.49. The highest BCUT2D eigenvalue weighted by atomic mass is 16.1. The van der Waals surface area contributed by atoms with Crippen molar-refractivity contribution in [2.24, 2.45) is 7.05 Å². The smallest absolute Gasteiger partial charge is 0.183 e. The lowest BCUT2D eigenvalue weighted by Gasteiger charge is -2.24. The summed E-state index contributed by atoms with van der Waals surface area (Å²) in [5.41, 5.74) is 5.59. The summed E-state index contributed by atoms with van der Waals surface area (Å²) in [6.45, 7) is 6.71. The van der Waals surface area contributed by atoms with Crippen molar-refractivity contribution in [2.45, 2.75) is 33.2 Å². The number of hydrogen-bond donors (Lipinski definition) is 0. The summed E-state index contributed by atoms with van der Waals surface area (Å²) in [4.78, 5) is 14.9. The summed E-state index contributed by atoms with van der Waals surface area (Å²) in [6.07, 6.45) is 1.02. The number of anilines is 1. The molecule has 0 spiro atoms. The average molecular weight is 282 g/mol. The zero-order valence-electron chi connectivity index (χ0n) is 13.2. The van der Waals surface area contributed by atoms with E-state index in [0.29, 0.717) is 12.6 Å². The second-order valence-electron chi connectivity index (χ2n) is 6.08. The zero-order valence-corrected chi connectivity index (χ0v) is 13.2. The molecule has 1 aliphatic heterocycles. The zero-order chi connectivity index (χ0) is 15.1.